The number of aromatic amines is 1. The molecule has 1 aliphatic carbocycles. The Morgan fingerprint density at radius 2 is 2.24 bits per heavy atom. The van der Waals surface area contributed by atoms with Crippen LogP contribution in [0.5, 0.6) is 0 Å². The monoisotopic (exact) mass is 283 g/mol. The number of rotatable bonds is 4. The maximum atomic E-state index is 12.4. The molecule has 1 unspecified atom stereocenters. The molecule has 2 aromatic rings. The largest absolute Gasteiger partial charge is 0.341 e. The fourth-order valence-electron chi connectivity index (χ4n) is 3.10. The normalized spacial score (nSPS) is 16.8. The zero-order chi connectivity index (χ0) is 14.8. The van der Waals surface area contributed by atoms with E-state index in [9.17, 15) is 4.79 Å². The Hall–Kier alpha value is -2.10. The summed E-state index contributed by atoms with van der Waals surface area (Å²) in [6, 6.07) is 8.50. The summed E-state index contributed by atoms with van der Waals surface area (Å²) in [5.74, 6) is 0.582. The van der Waals surface area contributed by atoms with Crippen molar-refractivity contribution >= 4 is 5.91 Å². The number of nitrogens with zero attached hydrogens (tertiary/aromatic N) is 2. The molecule has 4 nitrogen and oxygen atoms in total. The van der Waals surface area contributed by atoms with E-state index in [1.165, 1.54) is 11.1 Å². The fourth-order valence-corrected chi connectivity index (χ4v) is 3.10. The fraction of sp³-hybridized carbons (Fsp3) is 0.412. The molecule has 1 amide bonds. The molecule has 1 aromatic heterocycles. The average molecular weight is 283 g/mol. The lowest BCUT2D eigenvalue weighted by Crippen LogP contribution is -2.27. The summed E-state index contributed by atoms with van der Waals surface area (Å²) in [4.78, 5) is 14.2. The standard InChI is InChI=1S/C17H21N3O/c1-12-15(10-18-19-12)11-20(2)17(21)9-14-8-7-13-5-3-4-6-16(13)14/h3-6,10,14H,7-9,11H2,1-2H3,(H,18,19). The Morgan fingerprint density at radius 1 is 1.43 bits per heavy atom. The van der Waals surface area contributed by atoms with Crippen molar-refractivity contribution in [3.63, 3.8) is 0 Å². The zero-order valence-corrected chi connectivity index (χ0v) is 12.6. The van der Waals surface area contributed by atoms with Gasteiger partial charge in [0.15, 0.2) is 0 Å². The molecule has 1 heterocycles. The van der Waals surface area contributed by atoms with Crippen molar-refractivity contribution in [2.75, 3.05) is 7.05 Å². The van der Waals surface area contributed by atoms with Gasteiger partial charge in [-0.3, -0.25) is 9.89 Å². The molecule has 0 spiro atoms. The molecule has 110 valence electrons. The molecule has 21 heavy (non-hydrogen) atoms. The van der Waals surface area contributed by atoms with Crippen LogP contribution < -0.4 is 0 Å². The molecule has 0 aliphatic heterocycles. The number of carbonyl (C=O) groups excluding carboxylic acids is 1. The van der Waals surface area contributed by atoms with E-state index in [0.717, 1.165) is 24.1 Å². The molecule has 0 radical (unpaired) electrons. The predicted octanol–water partition coefficient (Wildman–Crippen LogP) is 2.80. The number of H-pyrrole nitrogens is 1. The van der Waals surface area contributed by atoms with Gasteiger partial charge in [-0.05, 0) is 36.8 Å². The lowest BCUT2D eigenvalue weighted by Gasteiger charge is -2.19. The van der Waals surface area contributed by atoms with Crippen molar-refractivity contribution in [2.24, 2.45) is 0 Å². The van der Waals surface area contributed by atoms with E-state index in [-0.39, 0.29) is 5.91 Å². The van der Waals surface area contributed by atoms with E-state index in [2.05, 4.69) is 34.5 Å². The molecule has 3 rings (SSSR count). The topological polar surface area (TPSA) is 49.0 Å². The van der Waals surface area contributed by atoms with Gasteiger partial charge in [-0.15, -0.1) is 0 Å². The van der Waals surface area contributed by atoms with Gasteiger partial charge in [0.05, 0.1) is 6.20 Å². The van der Waals surface area contributed by atoms with E-state index >= 15 is 0 Å². The van der Waals surface area contributed by atoms with Gasteiger partial charge >= 0.3 is 0 Å². The van der Waals surface area contributed by atoms with Gasteiger partial charge < -0.3 is 4.90 Å². The summed E-state index contributed by atoms with van der Waals surface area (Å²) < 4.78 is 0. The van der Waals surface area contributed by atoms with Gasteiger partial charge in [-0.1, -0.05) is 24.3 Å². The van der Waals surface area contributed by atoms with E-state index in [0.29, 0.717) is 18.9 Å². The first-order chi connectivity index (χ1) is 10.1. The number of fused-ring (bicyclic) bond motifs is 1. The maximum Gasteiger partial charge on any atom is 0.223 e. The molecular formula is C17H21N3O. The van der Waals surface area contributed by atoms with Crippen LogP contribution in [0, 0.1) is 6.92 Å². The van der Waals surface area contributed by atoms with Crippen LogP contribution in [0.2, 0.25) is 0 Å². The molecule has 0 saturated heterocycles. The third kappa shape index (κ3) is 2.84. The first-order valence-corrected chi connectivity index (χ1v) is 7.45. The molecule has 0 fully saturated rings. The van der Waals surface area contributed by atoms with Gasteiger partial charge in [0.2, 0.25) is 5.91 Å². The predicted molar refractivity (Wildman–Crippen MR) is 81.9 cm³/mol. The summed E-state index contributed by atoms with van der Waals surface area (Å²) in [6.45, 7) is 2.60. The lowest BCUT2D eigenvalue weighted by molar-refractivity contribution is -0.130. The van der Waals surface area contributed by atoms with E-state index < -0.39 is 0 Å². The van der Waals surface area contributed by atoms with Crippen molar-refractivity contribution in [3.8, 4) is 0 Å². The number of nitrogens with one attached hydrogen (secondary N) is 1. The summed E-state index contributed by atoms with van der Waals surface area (Å²) in [7, 11) is 1.87. The molecule has 0 saturated carbocycles. The highest BCUT2D eigenvalue weighted by molar-refractivity contribution is 5.77. The van der Waals surface area contributed by atoms with Gasteiger partial charge in [-0.2, -0.15) is 5.10 Å². The van der Waals surface area contributed by atoms with Crippen molar-refractivity contribution in [3.05, 3.63) is 52.8 Å². The molecule has 4 heteroatoms. The third-order valence-corrected chi connectivity index (χ3v) is 4.45. The number of carbonyl (C=O) groups is 1. The number of aryl methyl sites for hydroxylation is 2. The van der Waals surface area contributed by atoms with Crippen LogP contribution in [0.25, 0.3) is 0 Å². The van der Waals surface area contributed by atoms with Gasteiger partial charge in [0.1, 0.15) is 0 Å². The first-order valence-electron chi connectivity index (χ1n) is 7.45. The minimum absolute atomic E-state index is 0.206. The summed E-state index contributed by atoms with van der Waals surface area (Å²) in [5, 5.41) is 6.92. The molecule has 0 bridgehead atoms. The van der Waals surface area contributed by atoms with Crippen LogP contribution >= 0.6 is 0 Å². The Morgan fingerprint density at radius 3 is 3.00 bits per heavy atom. The first kappa shape index (κ1) is 13.9. The van der Waals surface area contributed by atoms with E-state index in [4.69, 9.17) is 0 Å². The summed E-state index contributed by atoms with van der Waals surface area (Å²) in [6.07, 6.45) is 4.58. The van der Waals surface area contributed by atoms with Crippen molar-refractivity contribution in [1.29, 1.82) is 0 Å². The van der Waals surface area contributed by atoms with Crippen LogP contribution in [0.3, 0.4) is 0 Å². The Balaban J connectivity index is 1.63. The van der Waals surface area contributed by atoms with Crippen molar-refractivity contribution in [1.82, 2.24) is 15.1 Å². The number of amides is 1. The molecule has 1 aliphatic rings. The highest BCUT2D eigenvalue weighted by atomic mass is 16.2. The van der Waals surface area contributed by atoms with E-state index in [1.807, 2.05) is 14.0 Å². The lowest BCUT2D eigenvalue weighted by atomic mass is 9.97. The number of hydrogen-bond acceptors (Lipinski definition) is 2. The minimum Gasteiger partial charge on any atom is -0.341 e. The Labute approximate surface area is 125 Å². The van der Waals surface area contributed by atoms with E-state index in [1.54, 1.807) is 11.1 Å². The maximum absolute atomic E-state index is 12.4. The molecular weight excluding hydrogens is 262 g/mol. The average Bonchev–Trinajstić information content (AvgIpc) is 3.07. The number of aromatic nitrogens is 2. The second-order valence-corrected chi connectivity index (χ2v) is 5.91. The molecule has 1 atom stereocenters. The third-order valence-electron chi connectivity index (χ3n) is 4.45. The molecule has 1 N–H and O–H groups in total. The second kappa shape index (κ2) is 5.72. The van der Waals surface area contributed by atoms with Crippen LogP contribution in [-0.4, -0.2) is 28.1 Å². The summed E-state index contributed by atoms with van der Waals surface area (Å²) in [5.41, 5.74) is 4.88. The van der Waals surface area contributed by atoms with Crippen LogP contribution in [-0.2, 0) is 17.8 Å². The number of hydrogen-bond donors (Lipinski definition) is 1. The van der Waals surface area contributed by atoms with Gasteiger partial charge in [0.25, 0.3) is 0 Å². The highest BCUT2D eigenvalue weighted by Gasteiger charge is 2.25. The smallest absolute Gasteiger partial charge is 0.223 e. The van der Waals surface area contributed by atoms with Crippen LogP contribution in [0.15, 0.2) is 30.5 Å². The summed E-state index contributed by atoms with van der Waals surface area (Å²) >= 11 is 0. The Bertz CT molecular complexity index is 647. The van der Waals surface area contributed by atoms with Gasteiger partial charge in [0, 0.05) is 31.3 Å². The molecule has 1 aromatic carbocycles. The quantitative estimate of drug-likeness (QED) is 0.938. The van der Waals surface area contributed by atoms with Crippen molar-refractivity contribution < 1.29 is 4.79 Å². The zero-order valence-electron chi connectivity index (χ0n) is 12.6. The second-order valence-electron chi connectivity index (χ2n) is 5.91. The Kier molecular flexibility index (Phi) is 3.78. The highest BCUT2D eigenvalue weighted by Crippen LogP contribution is 2.35. The number of benzene rings is 1. The van der Waals surface area contributed by atoms with Gasteiger partial charge in [-0.25, -0.2) is 0 Å². The minimum atomic E-state index is 0.206. The van der Waals surface area contributed by atoms with Crippen LogP contribution in [0.1, 0.15) is 41.1 Å². The van der Waals surface area contributed by atoms with Crippen LogP contribution in [0.4, 0.5) is 0 Å². The van der Waals surface area contributed by atoms with Crippen molar-refractivity contribution in [2.45, 2.75) is 38.6 Å². The SMILES string of the molecule is Cc1[nH]ncc1CN(C)C(=O)CC1CCc2ccccc21.